The monoisotopic (exact) mass is 483 g/mol. The molecule has 1 fully saturated rings. The number of rotatable bonds is 10. The molecule has 0 saturated heterocycles. The highest BCUT2D eigenvalue weighted by Crippen LogP contribution is 2.43. The molecule has 5 heteroatoms. The molecule has 1 saturated carbocycles. The minimum atomic E-state index is -2.26. The van der Waals surface area contributed by atoms with Crippen LogP contribution in [0.1, 0.15) is 98.1 Å². The summed E-state index contributed by atoms with van der Waals surface area (Å²) in [4.78, 5) is 15.5. The van der Waals surface area contributed by atoms with Gasteiger partial charge in [0.1, 0.15) is 6.10 Å². The smallest absolute Gasteiger partial charge is 0.217 e. The molecular formula is C29H45NO3Si. The number of hydrogen-bond donors (Lipinski definition) is 2. The Hall–Kier alpha value is -1.69. The van der Waals surface area contributed by atoms with Crippen LogP contribution in [0.4, 0.5) is 0 Å². The van der Waals surface area contributed by atoms with Crippen LogP contribution in [0.2, 0.25) is 18.1 Å². The van der Waals surface area contributed by atoms with Crippen molar-refractivity contribution in [2.45, 2.75) is 104 Å². The molecule has 1 aromatic carbocycles. The van der Waals surface area contributed by atoms with E-state index in [1.807, 2.05) is 20.0 Å². The average Bonchev–Trinajstić information content (AvgIpc) is 3.55. The highest BCUT2D eigenvalue weighted by atomic mass is 28.4. The predicted molar refractivity (Wildman–Crippen MR) is 143 cm³/mol. The van der Waals surface area contributed by atoms with E-state index in [-0.39, 0.29) is 11.0 Å². The molecule has 2 aromatic rings. The third-order valence-electron chi connectivity index (χ3n) is 7.96. The Morgan fingerprint density at radius 2 is 1.76 bits per heavy atom. The van der Waals surface area contributed by atoms with Crippen LogP contribution in [-0.4, -0.2) is 30.3 Å². The molecule has 0 spiro atoms. The fourth-order valence-electron chi connectivity index (χ4n) is 4.77. The summed E-state index contributed by atoms with van der Waals surface area (Å²) in [7, 11) is -0.595. The van der Waals surface area contributed by atoms with Gasteiger partial charge in [0, 0.05) is 11.3 Å². The minimum absolute atomic E-state index is 0.0760. The maximum Gasteiger partial charge on any atom is 0.217 e. The van der Waals surface area contributed by atoms with Gasteiger partial charge >= 0.3 is 0 Å². The van der Waals surface area contributed by atoms with Crippen molar-refractivity contribution in [1.82, 2.24) is 4.98 Å². The largest absolute Gasteiger partial charge is 0.481 e. The Labute approximate surface area is 207 Å². The molecule has 3 rings (SSSR count). The highest BCUT2D eigenvalue weighted by molar-refractivity contribution is 6.72. The lowest BCUT2D eigenvalue weighted by molar-refractivity contribution is 0.215. The summed E-state index contributed by atoms with van der Waals surface area (Å²) < 4.78 is 5.70. The lowest BCUT2D eigenvalue weighted by Gasteiger charge is -2.35. The zero-order chi connectivity index (χ0) is 25.4. The molecule has 1 aliphatic rings. The van der Waals surface area contributed by atoms with Crippen LogP contribution >= 0.6 is 0 Å². The minimum Gasteiger partial charge on any atom is -0.481 e. The first-order valence-electron chi connectivity index (χ1n) is 12.8. The zero-order valence-corrected chi connectivity index (χ0v) is 23.7. The molecule has 1 unspecified atom stereocenters. The summed E-state index contributed by atoms with van der Waals surface area (Å²) in [6.45, 7) is 16.8. The van der Waals surface area contributed by atoms with Gasteiger partial charge in [-0.3, -0.25) is 0 Å². The Morgan fingerprint density at radius 3 is 2.29 bits per heavy atom. The second-order valence-corrected chi connectivity index (χ2v) is 16.4. The van der Waals surface area contributed by atoms with Crippen molar-refractivity contribution in [3.63, 3.8) is 0 Å². The van der Waals surface area contributed by atoms with Crippen molar-refractivity contribution in [2.24, 2.45) is 5.92 Å². The van der Waals surface area contributed by atoms with Gasteiger partial charge in [-0.1, -0.05) is 51.5 Å². The predicted octanol–water partition coefficient (Wildman–Crippen LogP) is 6.77. The maximum atomic E-state index is 11.9. The second-order valence-electron chi connectivity index (χ2n) is 11.9. The van der Waals surface area contributed by atoms with Crippen LogP contribution in [0.3, 0.4) is 0 Å². The first-order chi connectivity index (χ1) is 15.7. The number of aromatic nitrogens is 1. The molecule has 0 aliphatic heterocycles. The number of methoxy groups -OCH3 is 1. The molecule has 0 radical (unpaired) electrons. The van der Waals surface area contributed by atoms with Crippen molar-refractivity contribution in [1.29, 1.82) is 0 Å². The molecule has 188 valence electrons. The molecule has 1 heterocycles. The fourth-order valence-corrected chi connectivity index (χ4v) is 5.51. The standard InChI is InChI=1S/C29H45NO3Si/c1-18(2)25-26(24(17-21-10-11-21)20(4)30-28(25)33-7)27(31)23-15-19(3)14-22(16-23)12-13-29(5,6)34(8,9)32/h14-16,18,21,27,31-32H,10-13,17H2,1-9H3. The third-order valence-corrected chi connectivity index (χ3v) is 11.5. The Kier molecular flexibility index (Phi) is 8.01. The number of aliphatic hydroxyl groups excluding tert-OH is 1. The summed E-state index contributed by atoms with van der Waals surface area (Å²) in [5.74, 6) is 1.51. The van der Waals surface area contributed by atoms with Gasteiger partial charge in [-0.25, -0.2) is 4.98 Å². The molecule has 34 heavy (non-hydrogen) atoms. The van der Waals surface area contributed by atoms with E-state index in [1.165, 1.54) is 24.0 Å². The second kappa shape index (κ2) is 10.1. The topological polar surface area (TPSA) is 62.6 Å². The molecule has 1 aromatic heterocycles. The quantitative estimate of drug-likeness (QED) is 0.366. The van der Waals surface area contributed by atoms with Gasteiger partial charge < -0.3 is 14.6 Å². The van der Waals surface area contributed by atoms with Gasteiger partial charge in [0.2, 0.25) is 5.88 Å². The number of benzene rings is 1. The summed E-state index contributed by atoms with van der Waals surface area (Å²) in [5, 5.41) is 11.8. The average molecular weight is 484 g/mol. The molecule has 0 bridgehead atoms. The summed E-state index contributed by atoms with van der Waals surface area (Å²) in [6, 6.07) is 6.48. The number of aryl methyl sites for hydroxylation is 3. The van der Waals surface area contributed by atoms with Crippen LogP contribution in [0.5, 0.6) is 5.88 Å². The number of ether oxygens (including phenoxy) is 1. The SMILES string of the molecule is COc1nc(C)c(CC2CC2)c(C(O)c2cc(C)cc(CCC(C)(C)[Si](C)(C)O)c2)c1C(C)C. The summed E-state index contributed by atoms with van der Waals surface area (Å²) >= 11 is 0. The Bertz CT molecular complexity index is 1020. The molecular weight excluding hydrogens is 438 g/mol. The van der Waals surface area contributed by atoms with Crippen molar-refractivity contribution in [2.75, 3.05) is 7.11 Å². The summed E-state index contributed by atoms with van der Waals surface area (Å²) in [6.07, 6.45) is 4.57. The van der Waals surface area contributed by atoms with Crippen LogP contribution in [-0.2, 0) is 12.8 Å². The molecule has 1 atom stereocenters. The highest BCUT2D eigenvalue weighted by Gasteiger charge is 2.37. The molecule has 0 amide bonds. The van der Waals surface area contributed by atoms with Gasteiger partial charge in [0.25, 0.3) is 0 Å². The van der Waals surface area contributed by atoms with Crippen LogP contribution in [0.25, 0.3) is 0 Å². The first kappa shape index (κ1) is 26.9. The normalized spacial score (nSPS) is 15.6. The van der Waals surface area contributed by atoms with E-state index < -0.39 is 14.4 Å². The first-order valence-corrected chi connectivity index (χ1v) is 15.8. The van der Waals surface area contributed by atoms with Crippen molar-refractivity contribution in [3.8, 4) is 5.88 Å². The van der Waals surface area contributed by atoms with E-state index in [1.54, 1.807) is 7.11 Å². The third kappa shape index (κ3) is 5.92. The van der Waals surface area contributed by atoms with Crippen LogP contribution in [0.15, 0.2) is 18.2 Å². The van der Waals surface area contributed by atoms with E-state index in [2.05, 4.69) is 52.8 Å². The number of pyridine rings is 1. The van der Waals surface area contributed by atoms with Gasteiger partial charge in [-0.15, -0.1) is 0 Å². The Balaban J connectivity index is 2.05. The van der Waals surface area contributed by atoms with Crippen LogP contribution in [0, 0.1) is 19.8 Å². The maximum absolute atomic E-state index is 11.9. The molecule has 4 nitrogen and oxygen atoms in total. The lowest BCUT2D eigenvalue weighted by atomic mass is 9.85. The molecule has 2 N–H and O–H groups in total. The van der Waals surface area contributed by atoms with Gasteiger partial charge in [-0.2, -0.15) is 0 Å². The van der Waals surface area contributed by atoms with Crippen molar-refractivity contribution < 1.29 is 14.6 Å². The number of aliphatic hydroxyl groups is 1. The van der Waals surface area contributed by atoms with Gasteiger partial charge in [-0.05, 0) is 98.2 Å². The van der Waals surface area contributed by atoms with E-state index in [0.717, 1.165) is 47.2 Å². The summed E-state index contributed by atoms with van der Waals surface area (Å²) in [5.41, 5.74) is 7.47. The van der Waals surface area contributed by atoms with Gasteiger partial charge in [0.05, 0.1) is 7.11 Å². The molecule has 1 aliphatic carbocycles. The zero-order valence-electron chi connectivity index (χ0n) is 22.7. The van der Waals surface area contributed by atoms with Gasteiger partial charge in [0.15, 0.2) is 8.32 Å². The van der Waals surface area contributed by atoms with Crippen molar-refractivity contribution in [3.05, 3.63) is 57.3 Å². The lowest BCUT2D eigenvalue weighted by Crippen LogP contribution is -2.39. The van der Waals surface area contributed by atoms with E-state index in [0.29, 0.717) is 11.8 Å². The number of nitrogens with zero attached hydrogens (tertiary/aromatic N) is 1. The van der Waals surface area contributed by atoms with E-state index >= 15 is 0 Å². The Morgan fingerprint density at radius 1 is 1.12 bits per heavy atom. The van der Waals surface area contributed by atoms with E-state index in [4.69, 9.17) is 9.72 Å². The number of hydrogen-bond acceptors (Lipinski definition) is 4. The van der Waals surface area contributed by atoms with E-state index in [9.17, 15) is 9.90 Å². The fraction of sp³-hybridized carbons (Fsp3) is 0.621. The van der Waals surface area contributed by atoms with Crippen LogP contribution < -0.4 is 4.74 Å². The van der Waals surface area contributed by atoms with Crippen molar-refractivity contribution >= 4 is 8.32 Å².